The van der Waals surface area contributed by atoms with Crippen molar-refractivity contribution in [1.29, 1.82) is 0 Å². The molecule has 0 radical (unpaired) electrons. The second kappa shape index (κ2) is 8.63. The fourth-order valence-electron chi connectivity index (χ4n) is 2.20. The number of halogens is 1. The summed E-state index contributed by atoms with van der Waals surface area (Å²) in [4.78, 5) is 7.07. The smallest absolute Gasteiger partial charge is 0.133 e. The summed E-state index contributed by atoms with van der Waals surface area (Å²) in [6.07, 6.45) is 3.05. The van der Waals surface area contributed by atoms with Gasteiger partial charge in [-0.1, -0.05) is 20.8 Å². The molecule has 0 saturated carbocycles. The first-order valence-electron chi connectivity index (χ1n) is 7.57. The van der Waals surface area contributed by atoms with Crippen LogP contribution in [0.25, 0.3) is 0 Å². The van der Waals surface area contributed by atoms with E-state index in [2.05, 4.69) is 71.8 Å². The maximum atomic E-state index is 4.67. The molecule has 0 aliphatic rings. The molecule has 0 atom stereocenters. The van der Waals surface area contributed by atoms with Crippen molar-refractivity contribution in [3.63, 3.8) is 0 Å². The van der Waals surface area contributed by atoms with Gasteiger partial charge in [-0.05, 0) is 54.7 Å². The summed E-state index contributed by atoms with van der Waals surface area (Å²) in [6, 6.07) is 2.64. The van der Waals surface area contributed by atoms with E-state index in [0.717, 1.165) is 36.3 Å². The Labute approximate surface area is 132 Å². The first kappa shape index (κ1) is 17.4. The third-order valence-electron chi connectivity index (χ3n) is 3.11. The molecule has 3 nitrogen and oxygen atoms in total. The number of pyridine rings is 1. The lowest BCUT2D eigenvalue weighted by Crippen LogP contribution is -2.36. The van der Waals surface area contributed by atoms with Crippen LogP contribution >= 0.6 is 15.9 Å². The van der Waals surface area contributed by atoms with Gasteiger partial charge in [0.1, 0.15) is 5.82 Å². The van der Waals surface area contributed by atoms with E-state index in [1.165, 1.54) is 5.56 Å². The van der Waals surface area contributed by atoms with Gasteiger partial charge in [0.05, 0.1) is 0 Å². The highest BCUT2D eigenvalue weighted by molar-refractivity contribution is 9.10. The molecule has 0 bridgehead atoms. The van der Waals surface area contributed by atoms with E-state index in [9.17, 15) is 0 Å². The van der Waals surface area contributed by atoms with E-state index < -0.39 is 0 Å². The van der Waals surface area contributed by atoms with E-state index in [-0.39, 0.29) is 0 Å². The maximum Gasteiger partial charge on any atom is 0.133 e. The topological polar surface area (TPSA) is 28.2 Å². The normalized spacial score (nSPS) is 11.4. The van der Waals surface area contributed by atoms with Gasteiger partial charge in [0, 0.05) is 35.4 Å². The number of hydrogen-bond acceptors (Lipinski definition) is 3. The van der Waals surface area contributed by atoms with Crippen LogP contribution in [0.3, 0.4) is 0 Å². The van der Waals surface area contributed by atoms with Crippen molar-refractivity contribution in [1.82, 2.24) is 10.3 Å². The van der Waals surface area contributed by atoms with Gasteiger partial charge in [-0.2, -0.15) is 0 Å². The zero-order chi connectivity index (χ0) is 15.1. The molecule has 1 aromatic heterocycles. The molecular formula is C16H28BrN3. The van der Waals surface area contributed by atoms with Gasteiger partial charge in [-0.25, -0.2) is 4.98 Å². The molecule has 0 aliphatic carbocycles. The predicted molar refractivity (Wildman–Crippen MR) is 91.3 cm³/mol. The monoisotopic (exact) mass is 341 g/mol. The molecule has 0 saturated heterocycles. The second-order valence-electron chi connectivity index (χ2n) is 5.95. The summed E-state index contributed by atoms with van der Waals surface area (Å²) in [6.45, 7) is 14.1. The minimum atomic E-state index is 0.455. The SMILES string of the molecule is CCCNCc1cc(Br)cnc1N(CC(C)C)C(C)C. The molecule has 1 rings (SSSR count). The molecule has 0 aliphatic heterocycles. The first-order chi connectivity index (χ1) is 9.45. The van der Waals surface area contributed by atoms with Crippen LogP contribution in [0.15, 0.2) is 16.7 Å². The Bertz CT molecular complexity index is 405. The van der Waals surface area contributed by atoms with E-state index in [0.29, 0.717) is 12.0 Å². The fourth-order valence-corrected chi connectivity index (χ4v) is 2.58. The Hall–Kier alpha value is -0.610. The molecule has 1 heterocycles. The minimum absolute atomic E-state index is 0.455. The second-order valence-corrected chi connectivity index (χ2v) is 6.87. The Balaban J connectivity index is 2.99. The van der Waals surface area contributed by atoms with Crippen molar-refractivity contribution in [3.05, 3.63) is 22.3 Å². The van der Waals surface area contributed by atoms with Crippen LogP contribution < -0.4 is 10.2 Å². The molecule has 0 spiro atoms. The molecule has 0 amide bonds. The predicted octanol–water partition coefficient (Wildman–Crippen LogP) is 4.21. The van der Waals surface area contributed by atoms with Gasteiger partial charge in [0.25, 0.3) is 0 Å². The van der Waals surface area contributed by atoms with Crippen LogP contribution in [0.1, 0.15) is 46.6 Å². The largest absolute Gasteiger partial charge is 0.354 e. The van der Waals surface area contributed by atoms with Crippen molar-refractivity contribution in [3.8, 4) is 0 Å². The van der Waals surface area contributed by atoms with Crippen LogP contribution in [0.2, 0.25) is 0 Å². The van der Waals surface area contributed by atoms with Crippen molar-refractivity contribution in [2.45, 2.75) is 53.6 Å². The highest BCUT2D eigenvalue weighted by atomic mass is 79.9. The Morgan fingerprint density at radius 1 is 1.30 bits per heavy atom. The highest BCUT2D eigenvalue weighted by Gasteiger charge is 2.17. The van der Waals surface area contributed by atoms with Crippen molar-refractivity contribution in [2.24, 2.45) is 5.92 Å². The van der Waals surface area contributed by atoms with E-state index in [1.54, 1.807) is 0 Å². The lowest BCUT2D eigenvalue weighted by Gasteiger charge is -2.31. The van der Waals surface area contributed by atoms with E-state index in [1.807, 2.05) is 6.20 Å². The van der Waals surface area contributed by atoms with Gasteiger partial charge in [-0.3, -0.25) is 0 Å². The average molecular weight is 342 g/mol. The zero-order valence-electron chi connectivity index (χ0n) is 13.4. The fraction of sp³-hybridized carbons (Fsp3) is 0.688. The lowest BCUT2D eigenvalue weighted by molar-refractivity contribution is 0.561. The molecule has 4 heteroatoms. The van der Waals surface area contributed by atoms with Gasteiger partial charge in [0.2, 0.25) is 0 Å². The van der Waals surface area contributed by atoms with Crippen LogP contribution in [0.5, 0.6) is 0 Å². The molecule has 114 valence electrons. The van der Waals surface area contributed by atoms with Crippen LogP contribution in [0.4, 0.5) is 5.82 Å². The number of nitrogens with one attached hydrogen (secondary N) is 1. The third kappa shape index (κ3) is 5.41. The van der Waals surface area contributed by atoms with Crippen molar-refractivity contribution in [2.75, 3.05) is 18.0 Å². The Morgan fingerprint density at radius 2 is 2.00 bits per heavy atom. The zero-order valence-corrected chi connectivity index (χ0v) is 15.0. The first-order valence-corrected chi connectivity index (χ1v) is 8.36. The number of aromatic nitrogens is 1. The number of rotatable bonds is 8. The average Bonchev–Trinajstić information content (AvgIpc) is 2.36. The highest BCUT2D eigenvalue weighted by Crippen LogP contribution is 2.24. The van der Waals surface area contributed by atoms with Gasteiger partial charge < -0.3 is 10.2 Å². The molecular weight excluding hydrogens is 314 g/mol. The van der Waals surface area contributed by atoms with Gasteiger partial charge in [-0.15, -0.1) is 0 Å². The molecule has 1 aromatic rings. The third-order valence-corrected chi connectivity index (χ3v) is 3.54. The van der Waals surface area contributed by atoms with Crippen LogP contribution in [-0.4, -0.2) is 24.1 Å². The molecule has 0 unspecified atom stereocenters. The summed E-state index contributed by atoms with van der Waals surface area (Å²) in [7, 11) is 0. The number of hydrogen-bond donors (Lipinski definition) is 1. The van der Waals surface area contributed by atoms with E-state index in [4.69, 9.17) is 0 Å². The summed E-state index contributed by atoms with van der Waals surface area (Å²) >= 11 is 3.53. The minimum Gasteiger partial charge on any atom is -0.354 e. The van der Waals surface area contributed by atoms with Crippen LogP contribution in [-0.2, 0) is 6.54 Å². The quantitative estimate of drug-likeness (QED) is 0.717. The molecule has 0 fully saturated rings. The number of nitrogens with zero attached hydrogens (tertiary/aromatic N) is 2. The lowest BCUT2D eigenvalue weighted by atomic mass is 10.1. The van der Waals surface area contributed by atoms with Crippen molar-refractivity contribution >= 4 is 21.7 Å². The van der Waals surface area contributed by atoms with E-state index >= 15 is 0 Å². The van der Waals surface area contributed by atoms with Crippen molar-refractivity contribution < 1.29 is 0 Å². The molecule has 0 aromatic carbocycles. The standard InChI is InChI=1S/C16H28BrN3/c1-6-7-18-9-14-8-15(17)10-19-16(14)20(13(4)5)11-12(2)3/h8,10,12-13,18H,6-7,9,11H2,1-5H3. The van der Waals surface area contributed by atoms with Gasteiger partial charge >= 0.3 is 0 Å². The molecule has 20 heavy (non-hydrogen) atoms. The summed E-state index contributed by atoms with van der Waals surface area (Å²) in [5.74, 6) is 1.74. The Morgan fingerprint density at radius 3 is 2.55 bits per heavy atom. The Kier molecular flexibility index (Phi) is 7.52. The summed E-state index contributed by atoms with van der Waals surface area (Å²) in [5.41, 5.74) is 1.27. The molecule has 1 N–H and O–H groups in total. The number of anilines is 1. The summed E-state index contributed by atoms with van der Waals surface area (Å²) in [5, 5.41) is 3.48. The van der Waals surface area contributed by atoms with Crippen LogP contribution in [0, 0.1) is 5.92 Å². The summed E-state index contributed by atoms with van der Waals surface area (Å²) < 4.78 is 1.04. The van der Waals surface area contributed by atoms with Gasteiger partial charge in [0.15, 0.2) is 0 Å². The maximum absolute atomic E-state index is 4.67.